The molecule has 0 amide bonds. The first-order valence-electron chi connectivity index (χ1n) is 5.35. The van der Waals surface area contributed by atoms with Crippen LogP contribution in [0.15, 0.2) is 30.5 Å². The quantitative estimate of drug-likeness (QED) is 0.839. The maximum atomic E-state index is 13.6. The molecule has 2 aromatic rings. The van der Waals surface area contributed by atoms with Crippen LogP contribution in [0.5, 0.6) is 0 Å². The molecule has 0 atom stereocenters. The summed E-state index contributed by atoms with van der Waals surface area (Å²) < 4.78 is 15.3. The topological polar surface area (TPSA) is 43.8 Å². The number of hydrogen-bond donors (Lipinski definition) is 1. The molecule has 1 fully saturated rings. The molecule has 0 aliphatic heterocycles. The summed E-state index contributed by atoms with van der Waals surface area (Å²) in [4.78, 5) is 0. The zero-order chi connectivity index (χ0) is 11.1. The van der Waals surface area contributed by atoms with Crippen LogP contribution in [0.2, 0.25) is 0 Å². The minimum absolute atomic E-state index is 0.271. The van der Waals surface area contributed by atoms with Crippen LogP contribution >= 0.6 is 0 Å². The van der Waals surface area contributed by atoms with Gasteiger partial charge in [-0.25, -0.2) is 9.07 Å². The average Bonchev–Trinajstić information content (AvgIpc) is 3.04. The number of aromatic nitrogens is 2. The molecule has 0 spiro atoms. The van der Waals surface area contributed by atoms with Gasteiger partial charge in [0.05, 0.1) is 17.6 Å². The lowest BCUT2D eigenvalue weighted by Gasteiger charge is -2.07. The Labute approximate surface area is 92.7 Å². The Morgan fingerprint density at radius 3 is 2.75 bits per heavy atom. The fourth-order valence-electron chi connectivity index (χ4n) is 1.95. The summed E-state index contributed by atoms with van der Waals surface area (Å²) in [5, 5.41) is 4.16. The highest BCUT2D eigenvalue weighted by atomic mass is 19.1. The summed E-state index contributed by atoms with van der Waals surface area (Å²) >= 11 is 0. The van der Waals surface area contributed by atoms with E-state index in [1.165, 1.54) is 6.07 Å². The summed E-state index contributed by atoms with van der Waals surface area (Å²) in [5.74, 6) is 0.176. The first kappa shape index (κ1) is 9.39. The van der Waals surface area contributed by atoms with Gasteiger partial charge >= 0.3 is 0 Å². The third-order valence-electron chi connectivity index (χ3n) is 2.88. The second-order valence-corrected chi connectivity index (χ2v) is 4.12. The standard InChI is InChI=1S/C12H12FN3/c13-9-3-1-2-4-11(9)16-12(8-5-6-8)10(14)7-15-16/h1-4,7-8H,5-6,14H2. The second kappa shape index (κ2) is 3.33. The first-order valence-corrected chi connectivity index (χ1v) is 5.35. The number of nitrogens with two attached hydrogens (primary N) is 1. The molecule has 1 aromatic heterocycles. The minimum Gasteiger partial charge on any atom is -0.396 e. The summed E-state index contributed by atoms with van der Waals surface area (Å²) in [5.41, 5.74) is 7.94. The lowest BCUT2D eigenvalue weighted by Crippen LogP contribution is -2.04. The third-order valence-corrected chi connectivity index (χ3v) is 2.88. The van der Waals surface area contributed by atoms with Gasteiger partial charge in [-0.15, -0.1) is 0 Å². The molecule has 82 valence electrons. The van der Waals surface area contributed by atoms with Gasteiger partial charge in [-0.1, -0.05) is 12.1 Å². The van der Waals surface area contributed by atoms with E-state index in [2.05, 4.69) is 5.10 Å². The normalized spacial score (nSPS) is 15.3. The van der Waals surface area contributed by atoms with E-state index in [1.54, 1.807) is 29.1 Å². The summed E-state index contributed by atoms with van der Waals surface area (Å²) in [6.07, 6.45) is 3.83. The Hall–Kier alpha value is -1.84. The van der Waals surface area contributed by atoms with Gasteiger partial charge in [0.25, 0.3) is 0 Å². The van der Waals surface area contributed by atoms with Crippen molar-refractivity contribution in [2.45, 2.75) is 18.8 Å². The maximum absolute atomic E-state index is 13.6. The van der Waals surface area contributed by atoms with Gasteiger partial charge in [0.2, 0.25) is 0 Å². The third kappa shape index (κ3) is 1.38. The van der Waals surface area contributed by atoms with Gasteiger partial charge in [0, 0.05) is 5.92 Å². The molecule has 1 aromatic carbocycles. The number of anilines is 1. The van der Waals surface area contributed by atoms with Crippen LogP contribution in [0.4, 0.5) is 10.1 Å². The predicted octanol–water partition coefficient (Wildman–Crippen LogP) is 2.47. The highest BCUT2D eigenvalue weighted by Crippen LogP contribution is 2.43. The van der Waals surface area contributed by atoms with E-state index in [4.69, 9.17) is 5.73 Å². The number of nitrogen functional groups attached to an aromatic ring is 1. The van der Waals surface area contributed by atoms with Crippen molar-refractivity contribution >= 4 is 5.69 Å². The number of halogens is 1. The lowest BCUT2D eigenvalue weighted by atomic mass is 10.2. The number of hydrogen-bond acceptors (Lipinski definition) is 2. The molecule has 0 bridgehead atoms. The van der Waals surface area contributed by atoms with Gasteiger partial charge in [-0.3, -0.25) is 0 Å². The number of nitrogens with zero attached hydrogens (tertiary/aromatic N) is 2. The Kier molecular flexibility index (Phi) is 1.96. The molecule has 1 heterocycles. The summed E-state index contributed by atoms with van der Waals surface area (Å²) in [6, 6.07) is 6.62. The summed E-state index contributed by atoms with van der Waals surface area (Å²) in [7, 11) is 0. The Bertz CT molecular complexity index is 529. The van der Waals surface area contributed by atoms with E-state index < -0.39 is 0 Å². The molecule has 3 rings (SSSR count). The highest BCUT2D eigenvalue weighted by molar-refractivity contribution is 5.49. The number of para-hydroxylation sites is 1. The van der Waals surface area contributed by atoms with E-state index >= 15 is 0 Å². The molecule has 0 radical (unpaired) electrons. The van der Waals surface area contributed by atoms with E-state index in [-0.39, 0.29) is 5.82 Å². The molecular formula is C12H12FN3. The smallest absolute Gasteiger partial charge is 0.148 e. The van der Waals surface area contributed by atoms with Gasteiger partial charge in [-0.2, -0.15) is 5.10 Å². The Morgan fingerprint density at radius 1 is 1.31 bits per heavy atom. The number of benzene rings is 1. The van der Waals surface area contributed by atoms with Gasteiger partial charge in [-0.05, 0) is 25.0 Å². The van der Waals surface area contributed by atoms with E-state index in [0.29, 0.717) is 17.3 Å². The van der Waals surface area contributed by atoms with Crippen LogP contribution in [0.25, 0.3) is 5.69 Å². The molecule has 1 aliphatic carbocycles. The molecule has 16 heavy (non-hydrogen) atoms. The molecule has 4 heteroatoms. The van der Waals surface area contributed by atoms with Gasteiger partial charge in [0.1, 0.15) is 11.5 Å². The minimum atomic E-state index is -0.271. The van der Waals surface area contributed by atoms with Crippen molar-refractivity contribution in [3.05, 3.63) is 42.0 Å². The molecule has 0 unspecified atom stereocenters. The number of rotatable bonds is 2. The van der Waals surface area contributed by atoms with Crippen molar-refractivity contribution in [1.29, 1.82) is 0 Å². The van der Waals surface area contributed by atoms with Crippen LogP contribution < -0.4 is 5.73 Å². The van der Waals surface area contributed by atoms with Crippen molar-refractivity contribution in [2.75, 3.05) is 5.73 Å². The fourth-order valence-corrected chi connectivity index (χ4v) is 1.95. The van der Waals surface area contributed by atoms with Crippen LogP contribution in [0.3, 0.4) is 0 Å². The second-order valence-electron chi connectivity index (χ2n) is 4.12. The average molecular weight is 217 g/mol. The monoisotopic (exact) mass is 217 g/mol. The molecule has 2 N–H and O–H groups in total. The molecular weight excluding hydrogens is 205 g/mol. The molecule has 3 nitrogen and oxygen atoms in total. The van der Waals surface area contributed by atoms with E-state index in [1.807, 2.05) is 0 Å². The van der Waals surface area contributed by atoms with Crippen molar-refractivity contribution < 1.29 is 4.39 Å². The predicted molar refractivity (Wildman–Crippen MR) is 59.9 cm³/mol. The van der Waals surface area contributed by atoms with Crippen molar-refractivity contribution in [3.8, 4) is 5.69 Å². The largest absolute Gasteiger partial charge is 0.396 e. The van der Waals surface area contributed by atoms with Gasteiger partial charge < -0.3 is 5.73 Å². The van der Waals surface area contributed by atoms with Crippen LogP contribution in [-0.2, 0) is 0 Å². The molecule has 1 aliphatic rings. The Morgan fingerprint density at radius 2 is 2.06 bits per heavy atom. The van der Waals surface area contributed by atoms with E-state index in [0.717, 1.165) is 18.5 Å². The van der Waals surface area contributed by atoms with Crippen LogP contribution in [-0.4, -0.2) is 9.78 Å². The highest BCUT2D eigenvalue weighted by Gasteiger charge is 2.30. The van der Waals surface area contributed by atoms with Crippen LogP contribution in [0.1, 0.15) is 24.5 Å². The summed E-state index contributed by atoms with van der Waals surface area (Å²) in [6.45, 7) is 0. The van der Waals surface area contributed by atoms with Gasteiger partial charge in [0.15, 0.2) is 0 Å². The maximum Gasteiger partial charge on any atom is 0.148 e. The molecule has 1 saturated carbocycles. The lowest BCUT2D eigenvalue weighted by molar-refractivity contribution is 0.606. The zero-order valence-corrected chi connectivity index (χ0v) is 8.73. The van der Waals surface area contributed by atoms with Crippen molar-refractivity contribution in [2.24, 2.45) is 0 Å². The SMILES string of the molecule is Nc1cnn(-c2ccccc2F)c1C1CC1. The fraction of sp³-hybridized carbons (Fsp3) is 0.250. The Balaban J connectivity index is 2.16. The van der Waals surface area contributed by atoms with E-state index in [9.17, 15) is 4.39 Å². The van der Waals surface area contributed by atoms with Crippen molar-refractivity contribution in [3.63, 3.8) is 0 Å². The molecule has 0 saturated heterocycles. The van der Waals surface area contributed by atoms with Crippen LogP contribution in [0, 0.1) is 5.82 Å². The first-order chi connectivity index (χ1) is 7.77. The zero-order valence-electron chi connectivity index (χ0n) is 8.73. The van der Waals surface area contributed by atoms with Crippen molar-refractivity contribution in [1.82, 2.24) is 9.78 Å².